The van der Waals surface area contributed by atoms with Crippen LogP contribution in [-0.2, 0) is 4.79 Å². The van der Waals surface area contributed by atoms with Gasteiger partial charge in [-0.2, -0.15) is 0 Å². The van der Waals surface area contributed by atoms with Crippen molar-refractivity contribution in [3.63, 3.8) is 0 Å². The number of carbonyl (C=O) groups excluding carboxylic acids is 1. The summed E-state index contributed by atoms with van der Waals surface area (Å²) in [6, 6.07) is 3.95. The lowest BCUT2D eigenvalue weighted by molar-refractivity contribution is -0.140. The number of nitrogens with one attached hydrogen (secondary N) is 1. The van der Waals surface area contributed by atoms with E-state index in [-0.39, 0.29) is 5.92 Å². The zero-order valence-corrected chi connectivity index (χ0v) is 14.8. The molecular weight excluding hydrogens is 310 g/mol. The Morgan fingerprint density at radius 2 is 1.67 bits per heavy atom. The van der Waals surface area contributed by atoms with Gasteiger partial charge in [0.2, 0.25) is 0 Å². The number of hydrogen-bond acceptors (Lipinski definition) is 4. The molecule has 1 aromatic rings. The number of ether oxygens (including phenoxy) is 2. The van der Waals surface area contributed by atoms with Gasteiger partial charge in [0.05, 0.1) is 13.2 Å². The first-order valence-corrected chi connectivity index (χ1v) is 8.34. The minimum absolute atomic E-state index is 0.213. The Kier molecular flexibility index (Phi) is 8.09. The van der Waals surface area contributed by atoms with Crippen LogP contribution in [0.3, 0.4) is 0 Å². The normalized spacial score (nSPS) is 11.9. The van der Waals surface area contributed by atoms with Crippen LogP contribution in [0.5, 0.6) is 11.5 Å². The van der Waals surface area contributed by atoms with Crippen LogP contribution >= 0.6 is 0 Å². The number of benzene rings is 1. The highest BCUT2D eigenvalue weighted by Gasteiger charge is 2.24. The van der Waals surface area contributed by atoms with E-state index in [1.165, 1.54) is 0 Å². The maximum absolute atomic E-state index is 12.3. The first kappa shape index (κ1) is 19.8. The number of carbonyl (C=O) groups is 2. The number of amides is 1. The fourth-order valence-electron chi connectivity index (χ4n) is 2.04. The van der Waals surface area contributed by atoms with E-state index >= 15 is 0 Å². The van der Waals surface area contributed by atoms with Crippen LogP contribution in [0.25, 0.3) is 0 Å². The highest BCUT2D eigenvalue weighted by atomic mass is 16.5. The van der Waals surface area contributed by atoms with Gasteiger partial charge >= 0.3 is 5.97 Å². The molecule has 1 rings (SSSR count). The molecule has 134 valence electrons. The summed E-state index contributed by atoms with van der Waals surface area (Å²) in [6.45, 7) is 8.56. The van der Waals surface area contributed by atoms with Crippen molar-refractivity contribution in [2.75, 3.05) is 13.2 Å². The second kappa shape index (κ2) is 9.80. The molecule has 24 heavy (non-hydrogen) atoms. The number of hydrogen-bond donors (Lipinski definition) is 2. The van der Waals surface area contributed by atoms with E-state index in [9.17, 15) is 14.7 Å². The molecule has 0 spiro atoms. The largest absolute Gasteiger partial charge is 0.490 e. The van der Waals surface area contributed by atoms with Gasteiger partial charge in [-0.3, -0.25) is 4.79 Å². The second-order valence-electron chi connectivity index (χ2n) is 5.89. The van der Waals surface area contributed by atoms with Gasteiger partial charge in [-0.25, -0.2) is 4.79 Å². The lowest BCUT2D eigenvalue weighted by Gasteiger charge is -2.18. The molecule has 0 bridgehead atoms. The van der Waals surface area contributed by atoms with Crippen LogP contribution in [0.1, 0.15) is 50.9 Å². The van der Waals surface area contributed by atoms with Gasteiger partial charge < -0.3 is 19.9 Å². The summed E-state index contributed by atoms with van der Waals surface area (Å²) >= 11 is 0. The SMILES string of the molecule is CCCOc1ccc(C(=O)N[C@@H](C(=O)O)C(C)C)cc1OCCC. The summed E-state index contributed by atoms with van der Waals surface area (Å²) in [6.07, 6.45) is 1.70. The van der Waals surface area contributed by atoms with Crippen LogP contribution in [0, 0.1) is 5.92 Å². The van der Waals surface area contributed by atoms with Crippen LogP contribution in [0.2, 0.25) is 0 Å². The first-order chi connectivity index (χ1) is 11.4. The van der Waals surface area contributed by atoms with Crippen molar-refractivity contribution in [1.82, 2.24) is 5.32 Å². The van der Waals surface area contributed by atoms with E-state index in [0.29, 0.717) is 30.3 Å². The number of carboxylic acid groups (broad SMARTS) is 1. The zero-order valence-electron chi connectivity index (χ0n) is 14.8. The van der Waals surface area contributed by atoms with Gasteiger partial charge in [-0.05, 0) is 37.0 Å². The minimum Gasteiger partial charge on any atom is -0.490 e. The summed E-state index contributed by atoms with van der Waals surface area (Å²) in [5.74, 6) is -0.632. The topological polar surface area (TPSA) is 84.9 Å². The summed E-state index contributed by atoms with van der Waals surface area (Å²) in [5.41, 5.74) is 0.344. The highest BCUT2D eigenvalue weighted by molar-refractivity contribution is 5.97. The number of carboxylic acids is 1. The Bertz CT molecular complexity index is 556. The molecule has 0 fully saturated rings. The number of rotatable bonds is 10. The fraction of sp³-hybridized carbons (Fsp3) is 0.556. The molecule has 6 heteroatoms. The van der Waals surface area contributed by atoms with Crippen molar-refractivity contribution in [2.24, 2.45) is 5.92 Å². The third-order valence-corrected chi connectivity index (χ3v) is 3.35. The molecule has 0 aliphatic carbocycles. The van der Waals surface area contributed by atoms with Crippen molar-refractivity contribution >= 4 is 11.9 Å². The Morgan fingerprint density at radius 3 is 2.17 bits per heavy atom. The van der Waals surface area contributed by atoms with Crippen molar-refractivity contribution in [3.05, 3.63) is 23.8 Å². The molecule has 0 saturated carbocycles. The molecule has 2 N–H and O–H groups in total. The van der Waals surface area contributed by atoms with Crippen molar-refractivity contribution in [1.29, 1.82) is 0 Å². The third kappa shape index (κ3) is 5.76. The Balaban J connectivity index is 2.97. The molecule has 0 saturated heterocycles. The Hall–Kier alpha value is -2.24. The van der Waals surface area contributed by atoms with Gasteiger partial charge in [-0.15, -0.1) is 0 Å². The van der Waals surface area contributed by atoms with Crippen molar-refractivity contribution in [3.8, 4) is 11.5 Å². The molecule has 0 aliphatic rings. The van der Waals surface area contributed by atoms with E-state index in [2.05, 4.69) is 5.32 Å². The predicted octanol–water partition coefficient (Wildman–Crippen LogP) is 3.10. The second-order valence-corrected chi connectivity index (χ2v) is 5.89. The molecule has 0 aromatic heterocycles. The van der Waals surface area contributed by atoms with Gasteiger partial charge in [0.25, 0.3) is 5.91 Å². The van der Waals surface area contributed by atoms with Crippen LogP contribution in [-0.4, -0.2) is 36.2 Å². The average molecular weight is 337 g/mol. The molecule has 1 aromatic carbocycles. The van der Waals surface area contributed by atoms with Crippen molar-refractivity contribution in [2.45, 2.75) is 46.6 Å². The van der Waals surface area contributed by atoms with E-state index in [4.69, 9.17) is 9.47 Å². The lowest BCUT2D eigenvalue weighted by Crippen LogP contribution is -2.44. The summed E-state index contributed by atoms with van der Waals surface area (Å²) in [5, 5.41) is 11.7. The van der Waals surface area contributed by atoms with Gasteiger partial charge in [0.15, 0.2) is 11.5 Å². The van der Waals surface area contributed by atoms with E-state index in [1.807, 2.05) is 13.8 Å². The molecule has 0 heterocycles. The van der Waals surface area contributed by atoms with Gasteiger partial charge in [-0.1, -0.05) is 27.7 Å². The maximum Gasteiger partial charge on any atom is 0.326 e. The average Bonchev–Trinajstić information content (AvgIpc) is 2.55. The maximum atomic E-state index is 12.3. The highest BCUT2D eigenvalue weighted by Crippen LogP contribution is 2.29. The molecule has 1 atom stereocenters. The lowest BCUT2D eigenvalue weighted by atomic mass is 10.0. The van der Waals surface area contributed by atoms with Crippen LogP contribution in [0.4, 0.5) is 0 Å². The standard InChI is InChI=1S/C18H27NO5/c1-5-9-23-14-8-7-13(11-15(14)24-10-6-2)17(20)19-16(12(3)4)18(21)22/h7-8,11-12,16H,5-6,9-10H2,1-4H3,(H,19,20)(H,21,22)/t16-/m1/s1. The first-order valence-electron chi connectivity index (χ1n) is 8.34. The quantitative estimate of drug-likeness (QED) is 0.685. The monoisotopic (exact) mass is 337 g/mol. The minimum atomic E-state index is -1.05. The van der Waals surface area contributed by atoms with E-state index in [1.54, 1.807) is 32.0 Å². The predicted molar refractivity (Wildman–Crippen MR) is 91.7 cm³/mol. The van der Waals surface area contributed by atoms with E-state index in [0.717, 1.165) is 12.8 Å². The Morgan fingerprint density at radius 1 is 1.08 bits per heavy atom. The molecule has 0 radical (unpaired) electrons. The van der Waals surface area contributed by atoms with Gasteiger partial charge in [0.1, 0.15) is 6.04 Å². The van der Waals surface area contributed by atoms with Crippen molar-refractivity contribution < 1.29 is 24.2 Å². The smallest absolute Gasteiger partial charge is 0.326 e. The molecule has 1 amide bonds. The van der Waals surface area contributed by atoms with E-state index < -0.39 is 17.9 Å². The third-order valence-electron chi connectivity index (χ3n) is 3.35. The van der Waals surface area contributed by atoms with Crippen LogP contribution < -0.4 is 14.8 Å². The number of aliphatic carboxylic acids is 1. The fourth-order valence-corrected chi connectivity index (χ4v) is 2.04. The Labute approximate surface area is 143 Å². The molecular formula is C18H27NO5. The summed E-state index contributed by atoms with van der Waals surface area (Å²) in [7, 11) is 0. The molecule has 6 nitrogen and oxygen atoms in total. The molecule has 0 aliphatic heterocycles. The molecule has 0 unspecified atom stereocenters. The summed E-state index contributed by atoms with van der Waals surface area (Å²) in [4.78, 5) is 23.6. The van der Waals surface area contributed by atoms with Gasteiger partial charge in [0, 0.05) is 5.56 Å². The van der Waals surface area contributed by atoms with Crippen LogP contribution in [0.15, 0.2) is 18.2 Å². The zero-order chi connectivity index (χ0) is 18.1. The summed E-state index contributed by atoms with van der Waals surface area (Å²) < 4.78 is 11.3.